The highest BCUT2D eigenvalue weighted by molar-refractivity contribution is 7.86. The number of anilines is 2. The van der Waals surface area contributed by atoms with Gasteiger partial charge in [-0.2, -0.15) is 0 Å². The molecule has 0 saturated heterocycles. The van der Waals surface area contributed by atoms with Crippen molar-refractivity contribution >= 4 is 39.9 Å². The van der Waals surface area contributed by atoms with Gasteiger partial charge in [0.1, 0.15) is 28.8 Å². The summed E-state index contributed by atoms with van der Waals surface area (Å²) in [6.45, 7) is 4.14. The van der Waals surface area contributed by atoms with Crippen LogP contribution < -0.4 is 29.7 Å². The Hall–Kier alpha value is -4.32. The van der Waals surface area contributed by atoms with Gasteiger partial charge in [-0.25, -0.2) is 0 Å². The van der Waals surface area contributed by atoms with E-state index in [-0.39, 0.29) is 11.8 Å². The lowest BCUT2D eigenvalue weighted by atomic mass is 9.95. The molecule has 45 heavy (non-hydrogen) atoms. The first kappa shape index (κ1) is 33.6. The fourth-order valence-electron chi connectivity index (χ4n) is 5.32. The Labute approximate surface area is 266 Å². The molecule has 1 aliphatic rings. The van der Waals surface area contributed by atoms with E-state index in [0.29, 0.717) is 41.0 Å². The van der Waals surface area contributed by atoms with Crippen molar-refractivity contribution < 1.29 is 37.2 Å². The molecule has 0 bridgehead atoms. The van der Waals surface area contributed by atoms with Gasteiger partial charge >= 0.3 is 0 Å². The molecule has 0 aliphatic heterocycles. The van der Waals surface area contributed by atoms with Crippen molar-refractivity contribution in [3.8, 4) is 17.2 Å². The van der Waals surface area contributed by atoms with Gasteiger partial charge in [0.15, 0.2) is 17.5 Å². The van der Waals surface area contributed by atoms with Crippen LogP contribution in [0.5, 0.6) is 17.2 Å². The van der Waals surface area contributed by atoms with Crippen molar-refractivity contribution in [3.63, 3.8) is 0 Å². The average Bonchev–Trinajstić information content (AvgIpc) is 3.46. The van der Waals surface area contributed by atoms with Gasteiger partial charge in [0.25, 0.3) is 5.91 Å². The summed E-state index contributed by atoms with van der Waals surface area (Å²) in [6.07, 6.45) is 4.80. The first-order chi connectivity index (χ1) is 21.7. The van der Waals surface area contributed by atoms with Crippen LogP contribution in [0.2, 0.25) is 0 Å². The molecule has 2 N–H and O–H groups in total. The normalized spacial score (nSPS) is 14.6. The van der Waals surface area contributed by atoms with Crippen LogP contribution in [0.15, 0.2) is 59.0 Å². The predicted molar refractivity (Wildman–Crippen MR) is 172 cm³/mol. The number of hydrogen-bond donors (Lipinski definition) is 2. The lowest BCUT2D eigenvalue weighted by molar-refractivity contribution is -0.127. The summed E-state index contributed by atoms with van der Waals surface area (Å²) in [7, 11) is 1.06. The zero-order valence-corrected chi connectivity index (χ0v) is 26.9. The molecule has 2 unspecified atom stereocenters. The molecule has 2 aromatic carbocycles. The summed E-state index contributed by atoms with van der Waals surface area (Å²) in [5.74, 6) is -0.255. The summed E-state index contributed by atoms with van der Waals surface area (Å²) in [4.78, 5) is 42.0. The summed E-state index contributed by atoms with van der Waals surface area (Å²) >= 11 is 0. The number of ether oxygens (including phenoxy) is 3. The first-order valence-electron chi connectivity index (χ1n) is 15.0. The number of furan rings is 1. The Bertz CT molecular complexity index is 1480. The van der Waals surface area contributed by atoms with Crippen LogP contribution in [0, 0.1) is 6.92 Å². The number of methoxy groups -OCH3 is 2. The van der Waals surface area contributed by atoms with Crippen molar-refractivity contribution in [2.24, 2.45) is 0 Å². The second kappa shape index (κ2) is 16.1. The van der Waals surface area contributed by atoms with E-state index >= 15 is 0 Å². The van der Waals surface area contributed by atoms with Crippen molar-refractivity contribution in [1.82, 2.24) is 5.32 Å². The van der Waals surface area contributed by atoms with Crippen LogP contribution in [0.25, 0.3) is 0 Å². The minimum Gasteiger partial charge on any atom is -0.494 e. The predicted octanol–water partition coefficient (Wildman–Crippen LogP) is 4.91. The Morgan fingerprint density at radius 3 is 2.29 bits per heavy atom. The molecule has 11 nitrogen and oxygen atoms in total. The molecule has 1 heterocycles. The van der Waals surface area contributed by atoms with Crippen LogP contribution in [-0.4, -0.2) is 60.3 Å². The van der Waals surface area contributed by atoms with E-state index in [4.69, 9.17) is 18.6 Å². The third kappa shape index (κ3) is 9.10. The molecule has 1 aromatic heterocycles. The maximum absolute atomic E-state index is 14.1. The van der Waals surface area contributed by atoms with Gasteiger partial charge in [-0.3, -0.25) is 23.5 Å². The molecule has 3 amide bonds. The number of hydrogen-bond acceptors (Lipinski definition) is 8. The monoisotopic (exact) mass is 639 g/mol. The fraction of sp³-hybridized carbons (Fsp3) is 0.424. The van der Waals surface area contributed by atoms with E-state index < -0.39 is 46.1 Å². The summed E-state index contributed by atoms with van der Waals surface area (Å²) in [6, 6.07) is 13.7. The highest BCUT2D eigenvalue weighted by atomic mass is 32.2. The molecular formula is C33H41N3O8S. The molecule has 0 radical (unpaired) electrons. The number of aryl methyl sites for hydroxylation is 1. The van der Waals surface area contributed by atoms with Crippen molar-refractivity contribution in [2.45, 2.75) is 58.0 Å². The molecule has 1 aliphatic carbocycles. The molecular weight excluding hydrogens is 598 g/mol. The number of nitrogens with zero attached hydrogens (tertiary/aromatic N) is 1. The van der Waals surface area contributed by atoms with Gasteiger partial charge in [0, 0.05) is 34.3 Å². The minimum atomic E-state index is -1.90. The van der Waals surface area contributed by atoms with E-state index in [2.05, 4.69) is 10.6 Å². The van der Waals surface area contributed by atoms with Crippen LogP contribution in [0.4, 0.5) is 11.4 Å². The maximum atomic E-state index is 14.1. The summed E-state index contributed by atoms with van der Waals surface area (Å²) < 4.78 is 35.4. The number of carbonyl (C=O) groups excluding carboxylic acids is 3. The van der Waals surface area contributed by atoms with Crippen LogP contribution in [0.3, 0.4) is 0 Å². The first-order valence-corrected chi connectivity index (χ1v) is 16.5. The molecule has 12 heteroatoms. The Balaban J connectivity index is 1.60. The Morgan fingerprint density at radius 1 is 0.956 bits per heavy atom. The van der Waals surface area contributed by atoms with E-state index in [0.717, 1.165) is 32.1 Å². The van der Waals surface area contributed by atoms with Gasteiger partial charge in [0.05, 0.1) is 20.8 Å². The standard InChI is InChI=1S/C33H41N3O8S/c1-5-43-26-15-12-24(13-16-26)34-30(37)20-45(40)21-31(38)36(25-14-18-27(41-3)29(19-25)42-4)32(28-17-11-22(2)44-28)33(39)35-23-9-7-6-8-10-23/h11-19,23,32H,5-10,20-21H2,1-4H3,(H,34,37)(H,35,39). The average molecular weight is 640 g/mol. The second-order valence-corrected chi connectivity index (χ2v) is 12.2. The zero-order chi connectivity index (χ0) is 32.3. The lowest BCUT2D eigenvalue weighted by Crippen LogP contribution is -2.48. The third-order valence-electron chi connectivity index (χ3n) is 7.43. The number of rotatable bonds is 14. The van der Waals surface area contributed by atoms with Gasteiger partial charge in [0.2, 0.25) is 11.8 Å². The van der Waals surface area contributed by atoms with E-state index in [1.807, 2.05) is 6.92 Å². The SMILES string of the molecule is CCOc1ccc(NC(=O)CS(=O)CC(=O)N(c2ccc(OC)c(OC)c2)C(C(=O)NC2CCCCC2)c2ccc(C)o2)cc1. The van der Waals surface area contributed by atoms with Crippen LogP contribution in [0.1, 0.15) is 56.6 Å². The Kier molecular flexibility index (Phi) is 12.0. The van der Waals surface area contributed by atoms with Gasteiger partial charge in [-0.15, -0.1) is 0 Å². The fourth-order valence-corrected chi connectivity index (χ4v) is 6.20. The van der Waals surface area contributed by atoms with E-state index in [9.17, 15) is 18.6 Å². The number of benzene rings is 2. The molecule has 242 valence electrons. The molecule has 1 saturated carbocycles. The largest absolute Gasteiger partial charge is 0.494 e. The number of amides is 3. The molecule has 3 aromatic rings. The highest BCUT2D eigenvalue weighted by Crippen LogP contribution is 2.36. The van der Waals surface area contributed by atoms with Crippen LogP contribution in [-0.2, 0) is 25.2 Å². The number of carbonyl (C=O) groups is 3. The molecule has 2 atom stereocenters. The van der Waals surface area contributed by atoms with Gasteiger partial charge < -0.3 is 29.3 Å². The van der Waals surface area contributed by atoms with Crippen molar-refractivity contribution in [2.75, 3.05) is 42.5 Å². The summed E-state index contributed by atoms with van der Waals surface area (Å²) in [5.41, 5.74) is 0.817. The van der Waals surface area contributed by atoms with Crippen molar-refractivity contribution in [3.05, 3.63) is 66.1 Å². The van der Waals surface area contributed by atoms with Gasteiger partial charge in [-0.05, 0) is 75.2 Å². The topological polar surface area (TPSA) is 136 Å². The number of nitrogens with one attached hydrogen (secondary N) is 2. The summed E-state index contributed by atoms with van der Waals surface area (Å²) in [5, 5.41) is 5.81. The second-order valence-electron chi connectivity index (χ2n) is 10.7. The third-order valence-corrected chi connectivity index (χ3v) is 8.58. The molecule has 1 fully saturated rings. The highest BCUT2D eigenvalue weighted by Gasteiger charge is 2.37. The minimum absolute atomic E-state index is 0.0346. The molecule has 0 spiro atoms. The lowest BCUT2D eigenvalue weighted by Gasteiger charge is -2.32. The van der Waals surface area contributed by atoms with E-state index in [1.54, 1.807) is 61.5 Å². The zero-order valence-electron chi connectivity index (χ0n) is 26.1. The van der Waals surface area contributed by atoms with E-state index in [1.165, 1.54) is 19.1 Å². The van der Waals surface area contributed by atoms with Crippen molar-refractivity contribution in [1.29, 1.82) is 0 Å². The smallest absolute Gasteiger partial charge is 0.251 e. The quantitative estimate of drug-likeness (QED) is 0.254. The van der Waals surface area contributed by atoms with Gasteiger partial charge in [-0.1, -0.05) is 19.3 Å². The Morgan fingerprint density at radius 2 is 1.67 bits per heavy atom. The maximum Gasteiger partial charge on any atom is 0.251 e. The van der Waals surface area contributed by atoms with Crippen LogP contribution >= 0.6 is 0 Å². The molecule has 4 rings (SSSR count).